The zero-order valence-electron chi connectivity index (χ0n) is 23.2. The van der Waals surface area contributed by atoms with Crippen LogP contribution in [0.1, 0.15) is 52.1 Å². The molecular weight excluding hydrogens is 582 g/mol. The van der Waals surface area contributed by atoms with Crippen LogP contribution < -0.4 is 15.5 Å². The summed E-state index contributed by atoms with van der Waals surface area (Å²) in [6.07, 6.45) is -1.16. The van der Waals surface area contributed by atoms with E-state index in [2.05, 4.69) is 20.6 Å². The Balaban J connectivity index is 1.35. The fourth-order valence-corrected chi connectivity index (χ4v) is 6.26. The lowest BCUT2D eigenvalue weighted by molar-refractivity contribution is -0.142. The van der Waals surface area contributed by atoms with Gasteiger partial charge in [0.05, 0.1) is 23.3 Å². The summed E-state index contributed by atoms with van der Waals surface area (Å²) in [6.45, 7) is -1.37. The van der Waals surface area contributed by atoms with Crippen molar-refractivity contribution >= 4 is 45.7 Å². The molecule has 3 aromatic carbocycles. The van der Waals surface area contributed by atoms with E-state index >= 15 is 0 Å². The highest BCUT2D eigenvalue weighted by molar-refractivity contribution is 6.13. The minimum Gasteiger partial charge on any atom is -0.481 e. The SMILES string of the molecule is O=C(O)Cc1cc(F)ccc1NC(=O)c1ccc(N2C3CCC2CC3)c(NC(=O)c2nn(CC(F)(F)F)c3ccccc23)c1. The van der Waals surface area contributed by atoms with Gasteiger partial charge in [-0.25, -0.2) is 4.39 Å². The maximum Gasteiger partial charge on any atom is 0.408 e. The number of anilines is 3. The molecule has 13 heteroatoms. The number of nitrogens with one attached hydrogen (secondary N) is 2. The van der Waals surface area contributed by atoms with E-state index in [1.165, 1.54) is 24.3 Å². The number of carbonyl (C=O) groups is 3. The molecule has 3 N–H and O–H groups in total. The zero-order chi connectivity index (χ0) is 31.2. The van der Waals surface area contributed by atoms with Crippen LogP contribution in [-0.2, 0) is 17.8 Å². The summed E-state index contributed by atoms with van der Waals surface area (Å²) in [5.41, 5.74) is 1.22. The monoisotopic (exact) mass is 609 g/mol. The molecule has 2 fully saturated rings. The first kappa shape index (κ1) is 29.1. The predicted octanol–water partition coefficient (Wildman–Crippen LogP) is 6.00. The van der Waals surface area contributed by atoms with Crippen LogP contribution in [0, 0.1) is 5.82 Å². The second kappa shape index (κ2) is 11.3. The lowest BCUT2D eigenvalue weighted by Crippen LogP contribution is -2.29. The molecule has 4 aromatic rings. The van der Waals surface area contributed by atoms with Gasteiger partial charge in [0.2, 0.25) is 0 Å². The van der Waals surface area contributed by atoms with Crippen molar-refractivity contribution in [1.82, 2.24) is 9.78 Å². The standard InChI is InChI=1S/C31H27F4N5O4/c32-19-6-11-23(18(13-19)15-27(41)42)36-29(43)17-5-12-26(40-20-7-8-21(40)10-9-20)24(14-17)37-30(44)28-22-3-1-2-4-25(22)39(38-28)16-31(33,34)35/h1-6,11-14,20-21H,7-10,15-16H2,(H,36,43)(H,37,44)(H,41,42). The molecule has 0 spiro atoms. The van der Waals surface area contributed by atoms with Gasteiger partial charge in [0.1, 0.15) is 12.4 Å². The minimum absolute atomic E-state index is 0.0750. The minimum atomic E-state index is -4.55. The molecule has 9 nitrogen and oxygen atoms in total. The van der Waals surface area contributed by atoms with Crippen LogP contribution in [0.3, 0.4) is 0 Å². The Labute approximate surface area is 248 Å². The van der Waals surface area contributed by atoms with Crippen molar-refractivity contribution in [3.8, 4) is 0 Å². The molecule has 0 saturated carbocycles. The molecular formula is C31H27F4N5O4. The highest BCUT2D eigenvalue weighted by Gasteiger charge is 2.40. The number of hydrogen-bond donors (Lipinski definition) is 3. The molecule has 228 valence electrons. The zero-order valence-corrected chi connectivity index (χ0v) is 23.2. The number of aliphatic carboxylic acids is 1. The fraction of sp³-hybridized carbons (Fsp3) is 0.290. The van der Waals surface area contributed by atoms with Crippen LogP contribution in [0.4, 0.5) is 34.6 Å². The first-order chi connectivity index (χ1) is 21.0. The molecule has 2 aliphatic rings. The van der Waals surface area contributed by atoms with E-state index in [9.17, 15) is 37.1 Å². The molecule has 0 radical (unpaired) electrons. The number of aromatic nitrogens is 2. The highest BCUT2D eigenvalue weighted by Crippen LogP contribution is 2.44. The van der Waals surface area contributed by atoms with Crippen LogP contribution >= 0.6 is 0 Å². The van der Waals surface area contributed by atoms with Crippen LogP contribution in [0.15, 0.2) is 60.7 Å². The summed E-state index contributed by atoms with van der Waals surface area (Å²) in [4.78, 5) is 40.4. The Morgan fingerprint density at radius 3 is 2.25 bits per heavy atom. The van der Waals surface area contributed by atoms with Gasteiger partial charge in [-0.1, -0.05) is 18.2 Å². The number of halogens is 4. The Kier molecular flexibility index (Phi) is 7.48. The number of carbonyl (C=O) groups excluding carboxylic acids is 2. The molecule has 6 rings (SSSR count). The van der Waals surface area contributed by atoms with Crippen molar-refractivity contribution in [1.29, 1.82) is 0 Å². The second-order valence-electron chi connectivity index (χ2n) is 11.0. The van der Waals surface area contributed by atoms with Crippen molar-refractivity contribution in [2.24, 2.45) is 0 Å². The Bertz CT molecular complexity index is 1770. The molecule has 0 atom stereocenters. The number of para-hydroxylation sites is 1. The van der Waals surface area contributed by atoms with E-state index in [-0.39, 0.29) is 51.2 Å². The largest absolute Gasteiger partial charge is 0.481 e. The molecule has 2 amide bonds. The van der Waals surface area contributed by atoms with Crippen molar-refractivity contribution in [2.45, 2.75) is 56.9 Å². The van der Waals surface area contributed by atoms with Gasteiger partial charge in [-0.05, 0) is 73.7 Å². The van der Waals surface area contributed by atoms with Gasteiger partial charge in [-0.2, -0.15) is 18.3 Å². The number of hydrogen-bond acceptors (Lipinski definition) is 5. The van der Waals surface area contributed by atoms with Gasteiger partial charge < -0.3 is 20.6 Å². The summed E-state index contributed by atoms with van der Waals surface area (Å²) in [6, 6.07) is 14.8. The highest BCUT2D eigenvalue weighted by atomic mass is 19.4. The van der Waals surface area contributed by atoms with Gasteiger partial charge in [-0.15, -0.1) is 0 Å². The number of rotatable bonds is 8. The van der Waals surface area contributed by atoms with Crippen LogP contribution in [0.25, 0.3) is 10.9 Å². The molecule has 2 aliphatic heterocycles. The topological polar surface area (TPSA) is 117 Å². The van der Waals surface area contributed by atoms with Crippen molar-refractivity contribution in [2.75, 3.05) is 15.5 Å². The molecule has 2 bridgehead atoms. The first-order valence-corrected chi connectivity index (χ1v) is 14.0. The third-order valence-corrected chi connectivity index (χ3v) is 8.10. The fourth-order valence-electron chi connectivity index (χ4n) is 6.26. The van der Waals surface area contributed by atoms with E-state index in [4.69, 9.17) is 0 Å². The summed E-state index contributed by atoms with van der Waals surface area (Å²) in [5.74, 6) is -3.23. The van der Waals surface area contributed by atoms with Gasteiger partial charge in [0.15, 0.2) is 5.69 Å². The molecule has 44 heavy (non-hydrogen) atoms. The summed E-state index contributed by atoms with van der Waals surface area (Å²) < 4.78 is 54.3. The summed E-state index contributed by atoms with van der Waals surface area (Å²) >= 11 is 0. The van der Waals surface area contributed by atoms with Crippen molar-refractivity contribution in [3.05, 3.63) is 83.3 Å². The first-order valence-electron chi connectivity index (χ1n) is 14.0. The Hall–Kier alpha value is -4.94. The molecule has 2 saturated heterocycles. The summed E-state index contributed by atoms with van der Waals surface area (Å²) in [7, 11) is 0. The smallest absolute Gasteiger partial charge is 0.408 e. The number of carboxylic acid groups (broad SMARTS) is 1. The van der Waals surface area contributed by atoms with Gasteiger partial charge in [-0.3, -0.25) is 19.1 Å². The molecule has 0 aliphatic carbocycles. The third-order valence-electron chi connectivity index (χ3n) is 8.10. The predicted molar refractivity (Wildman–Crippen MR) is 154 cm³/mol. The van der Waals surface area contributed by atoms with Crippen LogP contribution in [-0.4, -0.2) is 50.9 Å². The molecule has 0 unspecified atom stereocenters. The van der Waals surface area contributed by atoms with Gasteiger partial charge in [0, 0.05) is 28.7 Å². The third kappa shape index (κ3) is 5.81. The van der Waals surface area contributed by atoms with Gasteiger partial charge in [0.25, 0.3) is 11.8 Å². The number of alkyl halides is 3. The van der Waals surface area contributed by atoms with Crippen molar-refractivity contribution < 1.29 is 37.1 Å². The number of amides is 2. The summed E-state index contributed by atoms with van der Waals surface area (Å²) in [5, 5.41) is 18.9. The van der Waals surface area contributed by atoms with E-state index in [0.29, 0.717) is 5.69 Å². The Morgan fingerprint density at radius 1 is 0.886 bits per heavy atom. The average Bonchev–Trinajstić information content (AvgIpc) is 3.66. The van der Waals surface area contributed by atoms with Gasteiger partial charge >= 0.3 is 12.1 Å². The van der Waals surface area contributed by atoms with Crippen molar-refractivity contribution in [3.63, 3.8) is 0 Å². The molecule has 3 heterocycles. The second-order valence-corrected chi connectivity index (χ2v) is 11.0. The van der Waals surface area contributed by atoms with E-state index < -0.39 is 42.7 Å². The van der Waals surface area contributed by atoms with Crippen LogP contribution in [0.2, 0.25) is 0 Å². The van der Waals surface area contributed by atoms with Crippen LogP contribution in [0.5, 0.6) is 0 Å². The number of nitrogens with zero attached hydrogens (tertiary/aromatic N) is 3. The lowest BCUT2D eigenvalue weighted by atomic mass is 10.0. The lowest BCUT2D eigenvalue weighted by Gasteiger charge is -2.27. The maximum absolute atomic E-state index is 13.8. The Morgan fingerprint density at radius 2 is 1.57 bits per heavy atom. The quantitative estimate of drug-likeness (QED) is 0.211. The number of fused-ring (bicyclic) bond motifs is 3. The van der Waals surface area contributed by atoms with E-state index in [1.807, 2.05) is 0 Å². The maximum atomic E-state index is 13.8. The normalized spacial score (nSPS) is 17.7. The number of benzene rings is 3. The molecule has 1 aromatic heterocycles. The average molecular weight is 610 g/mol. The number of carboxylic acids is 1. The van der Waals surface area contributed by atoms with E-state index in [1.54, 1.807) is 24.3 Å². The van der Waals surface area contributed by atoms with E-state index in [0.717, 1.165) is 42.5 Å².